The summed E-state index contributed by atoms with van der Waals surface area (Å²) in [6.45, 7) is 7.45. The summed E-state index contributed by atoms with van der Waals surface area (Å²) in [7, 11) is 2.06. The lowest BCUT2D eigenvalue weighted by atomic mass is 10.3. The molecule has 2 aromatic heterocycles. The van der Waals surface area contributed by atoms with E-state index in [0.29, 0.717) is 0 Å². The van der Waals surface area contributed by atoms with Crippen LogP contribution in [0.15, 0.2) is 28.8 Å². The van der Waals surface area contributed by atoms with Crippen molar-refractivity contribution in [2.75, 3.05) is 13.6 Å². The van der Waals surface area contributed by atoms with Crippen LogP contribution in [0.1, 0.15) is 36.2 Å². The lowest BCUT2D eigenvalue weighted by Crippen LogP contribution is -2.17. The van der Waals surface area contributed by atoms with Crippen LogP contribution in [0.25, 0.3) is 0 Å². The molecule has 0 unspecified atom stereocenters. The average Bonchev–Trinajstić information content (AvgIpc) is 2.86. The summed E-state index contributed by atoms with van der Waals surface area (Å²) in [5.74, 6) is 0.887. The maximum Gasteiger partial charge on any atom is 0.151 e. The first-order valence-electron chi connectivity index (χ1n) is 7.43. The van der Waals surface area contributed by atoms with Gasteiger partial charge in [0.2, 0.25) is 0 Å². The second-order valence-corrected chi connectivity index (χ2v) is 5.40. The number of nitrogens with zero attached hydrogens (tertiary/aromatic N) is 3. The predicted octanol–water partition coefficient (Wildman–Crippen LogP) is 2.51. The van der Waals surface area contributed by atoms with Crippen LogP contribution in [-0.2, 0) is 19.6 Å². The number of pyridine rings is 1. The van der Waals surface area contributed by atoms with Gasteiger partial charge < -0.3 is 9.84 Å². The monoisotopic (exact) mass is 288 g/mol. The Morgan fingerprint density at radius 2 is 2.10 bits per heavy atom. The molecule has 0 atom stereocenters. The van der Waals surface area contributed by atoms with Crippen molar-refractivity contribution in [3.8, 4) is 0 Å². The maximum absolute atomic E-state index is 5.38. The van der Waals surface area contributed by atoms with Crippen LogP contribution in [0.4, 0.5) is 0 Å². The summed E-state index contributed by atoms with van der Waals surface area (Å²) in [5, 5.41) is 7.40. The third-order valence-corrected chi connectivity index (χ3v) is 3.14. The Labute approximate surface area is 126 Å². The van der Waals surface area contributed by atoms with E-state index in [1.165, 1.54) is 0 Å². The molecule has 0 fully saturated rings. The highest BCUT2D eigenvalue weighted by Crippen LogP contribution is 2.09. The average molecular weight is 288 g/mol. The van der Waals surface area contributed by atoms with Gasteiger partial charge in [0.25, 0.3) is 0 Å². The van der Waals surface area contributed by atoms with Gasteiger partial charge >= 0.3 is 0 Å². The second-order valence-electron chi connectivity index (χ2n) is 5.40. The highest BCUT2D eigenvalue weighted by molar-refractivity contribution is 5.10. The van der Waals surface area contributed by atoms with Crippen LogP contribution in [0, 0.1) is 6.92 Å². The van der Waals surface area contributed by atoms with Crippen molar-refractivity contribution < 1.29 is 4.52 Å². The van der Waals surface area contributed by atoms with Crippen LogP contribution in [-0.4, -0.2) is 28.6 Å². The normalized spacial score (nSPS) is 11.2. The van der Waals surface area contributed by atoms with Crippen LogP contribution in [0.3, 0.4) is 0 Å². The van der Waals surface area contributed by atoms with E-state index in [1.807, 2.05) is 31.2 Å². The molecule has 114 valence electrons. The minimum atomic E-state index is 0.733. The van der Waals surface area contributed by atoms with Gasteiger partial charge in [-0.15, -0.1) is 0 Å². The van der Waals surface area contributed by atoms with Crippen molar-refractivity contribution in [1.29, 1.82) is 0 Å². The Hall–Kier alpha value is -1.72. The van der Waals surface area contributed by atoms with E-state index < -0.39 is 0 Å². The van der Waals surface area contributed by atoms with Gasteiger partial charge in [-0.1, -0.05) is 18.1 Å². The van der Waals surface area contributed by atoms with Gasteiger partial charge in [0.15, 0.2) is 5.76 Å². The highest BCUT2D eigenvalue weighted by atomic mass is 16.5. The van der Waals surface area contributed by atoms with Crippen molar-refractivity contribution in [3.05, 3.63) is 47.1 Å². The number of nitrogens with one attached hydrogen (secondary N) is 1. The number of aromatic nitrogens is 2. The molecule has 0 amide bonds. The molecule has 0 bridgehead atoms. The predicted molar refractivity (Wildman–Crippen MR) is 82.6 cm³/mol. The molecule has 2 heterocycles. The van der Waals surface area contributed by atoms with Crippen LogP contribution < -0.4 is 5.32 Å². The molecular weight excluding hydrogens is 264 g/mol. The van der Waals surface area contributed by atoms with Crippen molar-refractivity contribution in [1.82, 2.24) is 20.4 Å². The number of rotatable bonds is 8. The zero-order valence-electron chi connectivity index (χ0n) is 13.1. The molecule has 5 nitrogen and oxygen atoms in total. The molecule has 1 N–H and O–H groups in total. The van der Waals surface area contributed by atoms with Gasteiger partial charge in [-0.05, 0) is 39.1 Å². The van der Waals surface area contributed by atoms with Gasteiger partial charge in [-0.3, -0.25) is 9.88 Å². The number of hydrogen-bond donors (Lipinski definition) is 1. The lowest BCUT2D eigenvalue weighted by Gasteiger charge is -2.14. The Balaban J connectivity index is 1.83. The summed E-state index contributed by atoms with van der Waals surface area (Å²) in [6.07, 6.45) is 1.12. The maximum atomic E-state index is 5.38. The molecule has 0 aliphatic heterocycles. The quantitative estimate of drug-likeness (QED) is 0.756. The molecule has 0 aliphatic rings. The van der Waals surface area contributed by atoms with Gasteiger partial charge in [0, 0.05) is 24.8 Å². The molecule has 0 aromatic carbocycles. The van der Waals surface area contributed by atoms with Gasteiger partial charge in [0.05, 0.1) is 17.9 Å². The van der Waals surface area contributed by atoms with E-state index in [2.05, 4.69) is 34.3 Å². The largest absolute Gasteiger partial charge is 0.360 e. The van der Waals surface area contributed by atoms with E-state index in [9.17, 15) is 0 Å². The van der Waals surface area contributed by atoms with Crippen LogP contribution in [0.5, 0.6) is 0 Å². The highest BCUT2D eigenvalue weighted by Gasteiger charge is 2.08. The van der Waals surface area contributed by atoms with E-state index in [-0.39, 0.29) is 0 Å². The first kappa shape index (κ1) is 15.7. The molecule has 0 aliphatic carbocycles. The summed E-state index contributed by atoms with van der Waals surface area (Å²) in [4.78, 5) is 6.68. The van der Waals surface area contributed by atoms with Gasteiger partial charge in [-0.2, -0.15) is 0 Å². The Morgan fingerprint density at radius 1 is 1.24 bits per heavy atom. The van der Waals surface area contributed by atoms with Gasteiger partial charge in [0.1, 0.15) is 0 Å². The fraction of sp³-hybridized carbons (Fsp3) is 0.500. The smallest absolute Gasteiger partial charge is 0.151 e. The zero-order chi connectivity index (χ0) is 15.1. The molecule has 0 radical (unpaired) electrons. The Morgan fingerprint density at radius 3 is 2.86 bits per heavy atom. The molecule has 5 heteroatoms. The minimum Gasteiger partial charge on any atom is -0.360 e. The summed E-state index contributed by atoms with van der Waals surface area (Å²) in [6, 6.07) is 8.11. The van der Waals surface area contributed by atoms with Crippen molar-refractivity contribution in [2.45, 2.75) is 39.9 Å². The lowest BCUT2D eigenvalue weighted by molar-refractivity contribution is 0.263. The minimum absolute atomic E-state index is 0.733. The molecular formula is C16H24N4O. The standard InChI is InChI=1S/C16H24N4O/c1-4-8-17-10-15-9-16(21-19-15)12-20(3)11-14-7-5-6-13(2)18-14/h5-7,9,17H,4,8,10-12H2,1-3H3. The molecule has 21 heavy (non-hydrogen) atoms. The summed E-state index contributed by atoms with van der Waals surface area (Å²) in [5.41, 5.74) is 3.08. The molecule has 2 rings (SSSR count). The van der Waals surface area contributed by atoms with Crippen molar-refractivity contribution in [2.24, 2.45) is 0 Å². The van der Waals surface area contributed by atoms with Crippen LogP contribution >= 0.6 is 0 Å². The zero-order valence-corrected chi connectivity index (χ0v) is 13.1. The molecule has 0 saturated heterocycles. The summed E-state index contributed by atoms with van der Waals surface area (Å²) >= 11 is 0. The number of aryl methyl sites for hydroxylation is 1. The molecule has 2 aromatic rings. The number of hydrogen-bond acceptors (Lipinski definition) is 5. The molecule has 0 saturated carbocycles. The SMILES string of the molecule is CCCNCc1cc(CN(C)Cc2cccc(C)n2)on1. The fourth-order valence-corrected chi connectivity index (χ4v) is 2.19. The van der Waals surface area contributed by atoms with Crippen molar-refractivity contribution in [3.63, 3.8) is 0 Å². The topological polar surface area (TPSA) is 54.2 Å². The van der Waals surface area contributed by atoms with Crippen molar-refractivity contribution >= 4 is 0 Å². The van der Waals surface area contributed by atoms with E-state index in [0.717, 1.165) is 55.4 Å². The van der Waals surface area contributed by atoms with E-state index >= 15 is 0 Å². The summed E-state index contributed by atoms with van der Waals surface area (Å²) < 4.78 is 5.38. The van der Waals surface area contributed by atoms with Gasteiger partial charge in [-0.25, -0.2) is 0 Å². The van der Waals surface area contributed by atoms with Crippen LogP contribution in [0.2, 0.25) is 0 Å². The fourth-order valence-electron chi connectivity index (χ4n) is 2.19. The first-order valence-corrected chi connectivity index (χ1v) is 7.43. The second kappa shape index (κ2) is 7.90. The third kappa shape index (κ3) is 5.28. The Kier molecular flexibility index (Phi) is 5.90. The molecule has 0 spiro atoms. The first-order chi connectivity index (χ1) is 10.2. The third-order valence-electron chi connectivity index (χ3n) is 3.14. The van der Waals surface area contributed by atoms with E-state index in [4.69, 9.17) is 4.52 Å². The van der Waals surface area contributed by atoms with E-state index in [1.54, 1.807) is 0 Å². The Bertz CT molecular complexity index is 553.